The molecule has 2 unspecified atom stereocenters. The fourth-order valence-electron chi connectivity index (χ4n) is 9.60. The summed E-state index contributed by atoms with van der Waals surface area (Å²) in [6, 6.07) is 0. The Bertz CT molecular complexity index is 2190. The van der Waals surface area contributed by atoms with Crippen molar-refractivity contribution in [2.45, 2.75) is 283 Å². The Morgan fingerprint density at radius 1 is 0.323 bits per heavy atom. The summed E-state index contributed by atoms with van der Waals surface area (Å²) in [5.74, 6) is -2.03. The molecule has 0 aliphatic carbocycles. The molecule has 1 N–H and O–H groups in total. The molecule has 0 rings (SSSR count). The fourth-order valence-corrected chi connectivity index (χ4v) is 9.60. The monoisotopic (exact) mass is 1290 g/mol. The van der Waals surface area contributed by atoms with Gasteiger partial charge in [-0.05, 0) is 135 Å². The lowest BCUT2D eigenvalue weighted by atomic mass is 10.0. The molecule has 0 aliphatic rings. The third-order valence-electron chi connectivity index (χ3n) is 15.2. The zero-order valence-corrected chi connectivity index (χ0v) is 59.8. The standard InChI is InChI=1S/C84H135NO8/c1-6-8-10-12-14-16-18-20-22-24-26-28-30-32-34-36-38-39-40-41-42-43-45-47-49-51-53-55-57-59-61-63-65-67-69-71-73-75-82(87)93-80(79-92-84(83(88)89)90-77-76-85(3,4)5)78-91-81(86)74-72-70-68-66-64-62-60-58-56-54-52-50-48-46-44-37-35-33-31-29-27-25-23-21-19-17-15-13-11-9-7-2/h8-11,14-17,20-23,26-29,32-35,38-39,41-42,44-47,50,52,80,84H,6-7,12-13,18-19,24-25,30-31,36-37,40,43,48-49,51,53-79H2,1-5H3/p+1/b10-8-,11-9-,16-14-,17-15-,22-20-,23-21-,28-26-,29-27-,34-32-,35-33-,39-38-,42-41-,46-44-,47-45-,52-50-. The summed E-state index contributed by atoms with van der Waals surface area (Å²) in [5, 5.41) is 9.76. The van der Waals surface area contributed by atoms with Crippen LogP contribution in [0.15, 0.2) is 182 Å². The number of nitrogens with zero attached hydrogens (tertiary/aromatic N) is 1. The van der Waals surface area contributed by atoms with E-state index in [1.807, 2.05) is 21.1 Å². The first-order valence-electron chi connectivity index (χ1n) is 36.9. The molecule has 0 heterocycles. The van der Waals surface area contributed by atoms with Crippen molar-refractivity contribution in [1.29, 1.82) is 0 Å². The predicted octanol–water partition coefficient (Wildman–Crippen LogP) is 23.6. The Hall–Kier alpha value is -5.61. The van der Waals surface area contributed by atoms with Gasteiger partial charge in [-0.1, -0.05) is 305 Å². The molecule has 0 aromatic rings. The van der Waals surface area contributed by atoms with Gasteiger partial charge in [0.2, 0.25) is 0 Å². The smallest absolute Gasteiger partial charge is 0.361 e. The van der Waals surface area contributed by atoms with E-state index in [0.717, 1.165) is 148 Å². The van der Waals surface area contributed by atoms with Gasteiger partial charge in [0.1, 0.15) is 13.2 Å². The number of rotatable bonds is 66. The molecule has 0 fully saturated rings. The number of carboxylic acids is 1. The van der Waals surface area contributed by atoms with Crippen molar-refractivity contribution in [2.24, 2.45) is 0 Å². The van der Waals surface area contributed by atoms with Crippen molar-refractivity contribution in [3.05, 3.63) is 182 Å². The highest BCUT2D eigenvalue weighted by atomic mass is 16.7. The fraction of sp³-hybridized carbons (Fsp3) is 0.607. The van der Waals surface area contributed by atoms with Gasteiger partial charge in [0.15, 0.2) is 6.10 Å². The minimum atomic E-state index is -1.52. The summed E-state index contributed by atoms with van der Waals surface area (Å²) < 4.78 is 23.0. The number of carboxylic acid groups (broad SMARTS) is 1. The van der Waals surface area contributed by atoms with E-state index in [9.17, 15) is 19.5 Å². The van der Waals surface area contributed by atoms with E-state index in [4.69, 9.17) is 18.9 Å². The minimum Gasteiger partial charge on any atom is -0.477 e. The van der Waals surface area contributed by atoms with Crippen LogP contribution in [0, 0.1) is 0 Å². The van der Waals surface area contributed by atoms with E-state index in [0.29, 0.717) is 17.4 Å². The van der Waals surface area contributed by atoms with E-state index in [2.05, 4.69) is 196 Å². The molecule has 0 aliphatic heterocycles. The maximum atomic E-state index is 13.0. The van der Waals surface area contributed by atoms with Crippen LogP contribution in [0.2, 0.25) is 0 Å². The molecule has 0 spiro atoms. The summed E-state index contributed by atoms with van der Waals surface area (Å²) in [4.78, 5) is 37.7. The van der Waals surface area contributed by atoms with Crippen LogP contribution in [0.4, 0.5) is 0 Å². The zero-order valence-electron chi connectivity index (χ0n) is 59.8. The Morgan fingerprint density at radius 3 is 0.860 bits per heavy atom. The first kappa shape index (κ1) is 87.4. The van der Waals surface area contributed by atoms with Gasteiger partial charge in [0.25, 0.3) is 6.29 Å². The van der Waals surface area contributed by atoms with Crippen molar-refractivity contribution in [3.63, 3.8) is 0 Å². The molecule has 0 radical (unpaired) electrons. The lowest BCUT2D eigenvalue weighted by molar-refractivity contribution is -0.870. The first-order valence-corrected chi connectivity index (χ1v) is 36.9. The van der Waals surface area contributed by atoms with E-state index in [1.165, 1.54) is 89.9 Å². The van der Waals surface area contributed by atoms with Crippen LogP contribution in [0.25, 0.3) is 0 Å². The maximum absolute atomic E-state index is 13.0. The third kappa shape index (κ3) is 73.7. The van der Waals surface area contributed by atoms with Crippen LogP contribution in [-0.2, 0) is 33.3 Å². The van der Waals surface area contributed by atoms with Crippen LogP contribution in [0.5, 0.6) is 0 Å². The Kier molecular flexibility index (Phi) is 67.9. The van der Waals surface area contributed by atoms with Gasteiger partial charge in [-0.2, -0.15) is 0 Å². The number of esters is 2. The van der Waals surface area contributed by atoms with Crippen molar-refractivity contribution in [2.75, 3.05) is 47.5 Å². The summed E-state index contributed by atoms with van der Waals surface area (Å²) in [6.07, 6.45) is 107. The van der Waals surface area contributed by atoms with Crippen LogP contribution in [0.3, 0.4) is 0 Å². The lowest BCUT2D eigenvalue weighted by Crippen LogP contribution is -2.40. The number of hydrogen-bond donors (Lipinski definition) is 1. The van der Waals surface area contributed by atoms with Gasteiger partial charge >= 0.3 is 17.9 Å². The topological polar surface area (TPSA) is 108 Å². The molecule has 2 atom stereocenters. The minimum absolute atomic E-state index is 0.177. The molecular weight excluding hydrogens is 1150 g/mol. The predicted molar refractivity (Wildman–Crippen MR) is 400 cm³/mol. The van der Waals surface area contributed by atoms with Gasteiger partial charge in [-0.15, -0.1) is 0 Å². The molecule has 9 nitrogen and oxygen atoms in total. The zero-order chi connectivity index (χ0) is 67.5. The van der Waals surface area contributed by atoms with E-state index < -0.39 is 24.3 Å². The number of hydrogen-bond acceptors (Lipinski definition) is 7. The number of carbonyl (C=O) groups is 3. The number of carbonyl (C=O) groups excluding carboxylic acids is 2. The van der Waals surface area contributed by atoms with Crippen LogP contribution < -0.4 is 0 Å². The molecule has 0 aromatic carbocycles. The summed E-state index contributed by atoms with van der Waals surface area (Å²) in [5.41, 5.74) is 0. The van der Waals surface area contributed by atoms with Gasteiger partial charge in [0.05, 0.1) is 34.4 Å². The molecule has 0 saturated heterocycles. The van der Waals surface area contributed by atoms with Crippen molar-refractivity contribution >= 4 is 17.9 Å². The second-order valence-electron chi connectivity index (χ2n) is 25.1. The summed E-state index contributed by atoms with van der Waals surface area (Å²) >= 11 is 0. The largest absolute Gasteiger partial charge is 0.477 e. The molecule has 0 saturated carbocycles. The van der Waals surface area contributed by atoms with Gasteiger partial charge in [-0.3, -0.25) is 9.59 Å². The number of likely N-dealkylation sites (N-methyl/N-ethyl adjacent to an activating group) is 1. The molecule has 524 valence electrons. The normalized spacial score (nSPS) is 13.8. The SMILES string of the molecule is CC/C=C\C/C=C\C/C=C\C/C=C\C/C=C\C/C=C\C/C=C\C/C=C\CCCCCCCCCCCCCCC(=O)OC(COC(=O)CCCCCCCCCCC/C=C\C/C=C\C/C=C\C/C=C\C/C=C\C/C=C\C/C=C\CC)COC(OCC[N+](C)(C)C)C(=O)O. The van der Waals surface area contributed by atoms with Crippen LogP contribution >= 0.6 is 0 Å². The molecule has 0 bridgehead atoms. The number of aliphatic carboxylic acids is 1. The number of unbranched alkanes of at least 4 members (excludes halogenated alkanes) is 21. The second-order valence-corrected chi connectivity index (χ2v) is 25.1. The summed E-state index contributed by atoms with van der Waals surface area (Å²) in [6.45, 7) is 4.63. The number of ether oxygens (including phenoxy) is 4. The Balaban J connectivity index is 4.17. The average Bonchev–Trinajstić information content (AvgIpc) is 3.73. The highest BCUT2D eigenvalue weighted by Gasteiger charge is 2.25. The van der Waals surface area contributed by atoms with Crippen molar-refractivity contribution in [3.8, 4) is 0 Å². The van der Waals surface area contributed by atoms with E-state index >= 15 is 0 Å². The average molecular weight is 1290 g/mol. The molecule has 9 heteroatoms. The van der Waals surface area contributed by atoms with E-state index in [1.54, 1.807) is 0 Å². The highest BCUT2D eigenvalue weighted by Crippen LogP contribution is 2.16. The quantitative estimate of drug-likeness (QED) is 0.0211. The lowest BCUT2D eigenvalue weighted by Gasteiger charge is -2.25. The third-order valence-corrected chi connectivity index (χ3v) is 15.2. The molecule has 93 heavy (non-hydrogen) atoms. The summed E-state index contributed by atoms with van der Waals surface area (Å²) in [7, 11) is 5.97. The van der Waals surface area contributed by atoms with E-state index in [-0.39, 0.29) is 38.6 Å². The van der Waals surface area contributed by atoms with Crippen molar-refractivity contribution < 1.29 is 42.9 Å². The van der Waals surface area contributed by atoms with Gasteiger partial charge < -0.3 is 28.5 Å². The van der Waals surface area contributed by atoms with Crippen molar-refractivity contribution in [1.82, 2.24) is 0 Å². The van der Waals surface area contributed by atoms with Crippen LogP contribution in [0.1, 0.15) is 271 Å². The highest BCUT2D eigenvalue weighted by molar-refractivity contribution is 5.71. The molecular formula is C84H136NO8+. The second kappa shape index (κ2) is 72.2. The van der Waals surface area contributed by atoms with Gasteiger partial charge in [0, 0.05) is 12.8 Å². The first-order chi connectivity index (χ1) is 45.6. The molecule has 0 amide bonds. The number of quaternary nitrogens is 1. The Labute approximate surface area is 570 Å². The Morgan fingerprint density at radius 2 is 0.581 bits per heavy atom. The van der Waals surface area contributed by atoms with Crippen LogP contribution in [-0.4, -0.2) is 87.4 Å². The number of allylic oxidation sites excluding steroid dienone is 30. The van der Waals surface area contributed by atoms with Gasteiger partial charge in [-0.25, -0.2) is 4.79 Å². The maximum Gasteiger partial charge on any atom is 0.361 e. The molecule has 0 aromatic heterocycles.